The highest BCUT2D eigenvalue weighted by atomic mass is 35.5. The van der Waals surface area contributed by atoms with Gasteiger partial charge in [-0.2, -0.15) is 27.4 Å². The molecule has 302 valence electrons. The van der Waals surface area contributed by atoms with Crippen LogP contribution >= 0.6 is 11.6 Å². The Morgan fingerprint density at radius 2 is 1.77 bits per heavy atom. The van der Waals surface area contributed by atoms with E-state index in [0.717, 1.165) is 12.1 Å². The van der Waals surface area contributed by atoms with Crippen molar-refractivity contribution in [2.45, 2.75) is 70.6 Å². The molecule has 0 radical (unpaired) electrons. The first-order valence-electron chi connectivity index (χ1n) is 17.3. The summed E-state index contributed by atoms with van der Waals surface area (Å²) >= 11 is 6.53. The number of nitrogens with two attached hydrogens (primary N) is 1. The molecule has 1 aliphatic rings. The molecule has 2 aromatic carbocycles. The Labute approximate surface area is 327 Å². The molecule has 2 atom stereocenters. The highest BCUT2D eigenvalue weighted by molar-refractivity contribution is 7.90. The molecule has 57 heavy (non-hydrogen) atoms. The van der Waals surface area contributed by atoms with Gasteiger partial charge in [-0.05, 0) is 74.9 Å². The van der Waals surface area contributed by atoms with E-state index < -0.39 is 75.6 Å². The van der Waals surface area contributed by atoms with Gasteiger partial charge in [0.15, 0.2) is 5.82 Å². The van der Waals surface area contributed by atoms with Gasteiger partial charge >= 0.3 is 0 Å². The molecule has 0 aliphatic heterocycles. The molecule has 5 N–H and O–H groups in total. The third-order valence-electron chi connectivity index (χ3n) is 9.27. The summed E-state index contributed by atoms with van der Waals surface area (Å²) in [5.74, 6) is -2.62. The predicted molar refractivity (Wildman–Crippen MR) is 198 cm³/mol. The van der Waals surface area contributed by atoms with E-state index >= 15 is 8.78 Å². The zero-order valence-corrected chi connectivity index (χ0v) is 32.2. The van der Waals surface area contributed by atoms with Crippen molar-refractivity contribution >= 4 is 44.4 Å². The van der Waals surface area contributed by atoms with Crippen molar-refractivity contribution < 1.29 is 44.7 Å². The molecule has 12 nitrogen and oxygen atoms in total. The third kappa shape index (κ3) is 8.73. The van der Waals surface area contributed by atoms with E-state index in [1.54, 1.807) is 6.07 Å². The van der Waals surface area contributed by atoms with Crippen molar-refractivity contribution in [1.82, 2.24) is 29.9 Å². The van der Waals surface area contributed by atoms with Gasteiger partial charge in [0.2, 0.25) is 5.91 Å². The Bertz CT molecular complexity index is 2560. The number of hydrogen-bond acceptors (Lipinski definition) is 7. The number of aliphatic hydroxyl groups is 1. The highest BCUT2D eigenvalue weighted by Crippen LogP contribution is 2.50. The van der Waals surface area contributed by atoms with Crippen LogP contribution in [0.3, 0.4) is 0 Å². The lowest BCUT2D eigenvalue weighted by molar-refractivity contribution is -0.123. The topological polar surface area (TPSA) is 170 Å². The summed E-state index contributed by atoms with van der Waals surface area (Å²) in [4.78, 5) is 18.6. The summed E-state index contributed by atoms with van der Waals surface area (Å²) in [7, 11) is -2.85. The van der Waals surface area contributed by atoms with Crippen LogP contribution in [0, 0.1) is 29.4 Å². The van der Waals surface area contributed by atoms with Crippen LogP contribution in [0.2, 0.25) is 5.02 Å². The minimum Gasteiger partial charge on any atom is -0.378 e. The number of benzene rings is 2. The number of hydrogen-bond donors (Lipinski definition) is 4. The van der Waals surface area contributed by atoms with E-state index in [1.807, 2.05) is 0 Å². The molecular weight excluding hydrogens is 802 g/mol. The largest absolute Gasteiger partial charge is 0.378 e. The number of pyridine rings is 1. The first-order chi connectivity index (χ1) is 26.6. The van der Waals surface area contributed by atoms with Crippen molar-refractivity contribution in [2.24, 2.45) is 18.1 Å². The Kier molecular flexibility index (Phi) is 11.1. The number of aryl methyl sites for hydroxylation is 1. The van der Waals surface area contributed by atoms with Crippen LogP contribution in [0.25, 0.3) is 22.0 Å². The number of aromatic nitrogens is 5. The summed E-state index contributed by atoms with van der Waals surface area (Å²) in [6.45, 7) is 3.40. The van der Waals surface area contributed by atoms with E-state index in [9.17, 15) is 35.9 Å². The Balaban J connectivity index is 1.54. The normalized spacial score (nSPS) is 15.7. The fraction of sp³-hybridized carbons (Fsp3) is 0.351. The van der Waals surface area contributed by atoms with Gasteiger partial charge in [-0.3, -0.25) is 18.9 Å². The highest BCUT2D eigenvalue weighted by Gasteiger charge is 2.52. The first kappa shape index (κ1) is 41.5. The van der Waals surface area contributed by atoms with E-state index in [-0.39, 0.29) is 69.1 Å². The fourth-order valence-corrected chi connectivity index (χ4v) is 7.62. The van der Waals surface area contributed by atoms with Gasteiger partial charge in [-0.1, -0.05) is 30.5 Å². The number of nitrogens with one attached hydrogen (secondary N) is 2. The molecule has 6 rings (SSSR count). The van der Waals surface area contributed by atoms with E-state index in [2.05, 4.69) is 37.1 Å². The molecule has 1 amide bonds. The molecule has 5 aromatic rings. The smallest absolute Gasteiger partial charge is 0.297 e. The molecule has 0 spiro atoms. The van der Waals surface area contributed by atoms with Crippen LogP contribution in [-0.2, 0) is 47.4 Å². The van der Waals surface area contributed by atoms with Gasteiger partial charge in [0.1, 0.15) is 40.9 Å². The number of nitrogens with zero attached hydrogens (tertiary/aromatic N) is 5. The molecule has 0 saturated carbocycles. The first-order valence-corrected chi connectivity index (χ1v) is 19.2. The lowest BCUT2D eigenvalue weighted by Crippen LogP contribution is -2.35. The van der Waals surface area contributed by atoms with Crippen molar-refractivity contribution in [3.63, 3.8) is 0 Å². The van der Waals surface area contributed by atoms with Gasteiger partial charge in [0, 0.05) is 35.7 Å². The van der Waals surface area contributed by atoms with Crippen LogP contribution in [0.1, 0.15) is 73.6 Å². The number of fused-ring (bicyclic) bond motifs is 2. The lowest BCUT2D eigenvalue weighted by atomic mass is 9.93. The summed E-state index contributed by atoms with van der Waals surface area (Å²) in [5, 5.41) is 26.3. The summed E-state index contributed by atoms with van der Waals surface area (Å²) < 4.78 is 116. The molecule has 3 heterocycles. The molecule has 0 bridgehead atoms. The minimum atomic E-state index is -4.33. The summed E-state index contributed by atoms with van der Waals surface area (Å²) in [6, 6.07) is 7.29. The van der Waals surface area contributed by atoms with Gasteiger partial charge < -0.3 is 10.4 Å². The van der Waals surface area contributed by atoms with Crippen molar-refractivity contribution in [2.75, 3.05) is 4.72 Å². The average molecular weight is 837 g/mol. The number of alkyl halides is 4. The maximum atomic E-state index is 15.6. The van der Waals surface area contributed by atoms with E-state index in [1.165, 1.54) is 50.7 Å². The van der Waals surface area contributed by atoms with E-state index in [0.29, 0.717) is 16.3 Å². The van der Waals surface area contributed by atoms with Gasteiger partial charge in [-0.15, -0.1) is 0 Å². The van der Waals surface area contributed by atoms with Crippen molar-refractivity contribution in [3.05, 3.63) is 93.0 Å². The van der Waals surface area contributed by atoms with Crippen molar-refractivity contribution in [3.8, 4) is 23.0 Å². The quantitative estimate of drug-likeness (QED) is 0.0906. The Hall–Kier alpha value is -5.16. The monoisotopic (exact) mass is 836 g/mol. The molecule has 20 heteroatoms. The number of carbonyl (C=O) groups is 1. The maximum absolute atomic E-state index is 15.6. The Morgan fingerprint density at radius 1 is 1.11 bits per heavy atom. The predicted octanol–water partition coefficient (Wildman–Crippen LogP) is 6.21. The number of anilines is 1. The van der Waals surface area contributed by atoms with Crippen LogP contribution in [0.15, 0.2) is 42.5 Å². The zero-order chi connectivity index (χ0) is 41.8. The van der Waals surface area contributed by atoms with Crippen LogP contribution in [-0.4, -0.2) is 49.6 Å². The fourth-order valence-electron chi connectivity index (χ4n) is 6.96. The molecule has 3 aromatic heterocycles. The molecular formula is C37H35ClF6N8O4S. The third-order valence-corrected chi connectivity index (χ3v) is 10.1. The van der Waals surface area contributed by atoms with E-state index in [4.69, 9.17) is 16.7 Å². The number of rotatable bonds is 11. The molecule has 0 saturated heterocycles. The van der Waals surface area contributed by atoms with Crippen molar-refractivity contribution in [1.29, 1.82) is 0 Å². The zero-order valence-electron chi connectivity index (χ0n) is 30.6. The number of amides is 1. The minimum absolute atomic E-state index is 0.00307. The molecule has 1 aliphatic carbocycles. The number of halogens is 7. The van der Waals surface area contributed by atoms with Gasteiger partial charge in [0.25, 0.3) is 22.6 Å². The SMILES string of the molecule is CCC1Cc2c(C(F)F)nn(CC(=O)NC(Cc3cc(F)cc(F)c3)c3nc(C#CC(C)(C)O)ccc3-c3ccc(Cl)c4c(NS(N)(=O)=O)nn(C)c34)c2C1(F)F. The second kappa shape index (κ2) is 15.3. The van der Waals surface area contributed by atoms with Crippen LogP contribution in [0.5, 0.6) is 0 Å². The Morgan fingerprint density at radius 3 is 2.39 bits per heavy atom. The molecule has 0 fully saturated rings. The van der Waals surface area contributed by atoms with Crippen LogP contribution < -0.4 is 15.2 Å². The maximum Gasteiger partial charge on any atom is 0.297 e. The standard InChI is InChI=1S/C37H35ClF6N8O4S/c1-5-19-15-25-31(34(41)42)48-52(33(25)37(19,43)44)17-28(53)47-27(14-18-12-20(39)16-21(40)13-18)30-23(7-6-22(46-30)10-11-36(2,3)54)24-8-9-26(38)29-32(24)51(4)49-35(29)50-57(45,55)56/h6-9,12-13,16,19,27,34,54H,5,14-15,17H2,1-4H3,(H,47,53)(H,49,50)(H2,45,55,56). The van der Waals surface area contributed by atoms with Gasteiger partial charge in [0.05, 0.1) is 27.7 Å². The van der Waals surface area contributed by atoms with Gasteiger partial charge in [-0.25, -0.2) is 27.7 Å². The second-order valence-electron chi connectivity index (χ2n) is 14.1. The lowest BCUT2D eigenvalue weighted by Gasteiger charge is -2.23. The summed E-state index contributed by atoms with van der Waals surface area (Å²) in [6.07, 6.45) is -3.96. The van der Waals surface area contributed by atoms with Crippen LogP contribution in [0.4, 0.5) is 32.2 Å². The number of carbonyl (C=O) groups excluding carboxylic acids is 1. The average Bonchev–Trinajstić information content (AvgIpc) is 3.70. The second-order valence-corrected chi connectivity index (χ2v) is 15.8. The molecule has 2 unspecified atom stereocenters. The summed E-state index contributed by atoms with van der Waals surface area (Å²) in [5.41, 5.74) is -2.60.